The number of rotatable bonds is 3. The Morgan fingerprint density at radius 2 is 2.10 bits per heavy atom. The number of alkyl halides is 2. The highest BCUT2D eigenvalue weighted by Crippen LogP contribution is 2.34. The molecule has 1 aliphatic heterocycles. The zero-order chi connectivity index (χ0) is 20.7. The van der Waals surface area contributed by atoms with Crippen LogP contribution < -0.4 is 0 Å². The topological polar surface area (TPSA) is 76.3 Å². The third-order valence-corrected chi connectivity index (χ3v) is 5.44. The summed E-state index contributed by atoms with van der Waals surface area (Å²) in [7, 11) is 0. The first-order chi connectivity index (χ1) is 13.9. The molecule has 3 aromatic rings. The van der Waals surface area contributed by atoms with Crippen LogP contribution in [0.3, 0.4) is 0 Å². The monoisotopic (exact) mass is 404 g/mol. The Hall–Kier alpha value is -3.04. The van der Waals surface area contributed by atoms with Crippen LogP contribution in [0.25, 0.3) is 5.78 Å². The van der Waals surface area contributed by atoms with Gasteiger partial charge in [-0.3, -0.25) is 9.78 Å². The van der Waals surface area contributed by atoms with Crippen molar-refractivity contribution in [3.05, 3.63) is 53.1 Å². The fourth-order valence-electron chi connectivity index (χ4n) is 3.75. The van der Waals surface area contributed by atoms with E-state index in [4.69, 9.17) is 0 Å². The van der Waals surface area contributed by atoms with E-state index in [0.717, 1.165) is 0 Å². The van der Waals surface area contributed by atoms with Crippen LogP contribution in [-0.2, 0) is 0 Å². The Labute approximate surface area is 164 Å². The van der Waals surface area contributed by atoms with E-state index < -0.39 is 18.1 Å². The molecule has 2 atom stereocenters. The molecule has 10 heteroatoms. The number of hydrogen-bond acceptors (Lipinski definition) is 5. The first-order valence-electron chi connectivity index (χ1n) is 9.26. The van der Waals surface area contributed by atoms with Gasteiger partial charge in [0, 0.05) is 25.2 Å². The smallest absolute Gasteiger partial charge is 0.280 e. The van der Waals surface area contributed by atoms with E-state index in [9.17, 15) is 18.0 Å². The number of aromatic nitrogens is 5. The average Bonchev–Trinajstić information content (AvgIpc) is 3.18. The number of aryl methyl sites for hydroxylation is 1. The van der Waals surface area contributed by atoms with Crippen molar-refractivity contribution < 1.29 is 18.0 Å². The van der Waals surface area contributed by atoms with Crippen molar-refractivity contribution in [3.8, 4) is 0 Å². The molecule has 1 aliphatic rings. The first kappa shape index (κ1) is 19.3. The molecular formula is C19H19F3N6O. The molecular weight excluding hydrogens is 385 g/mol. The molecule has 4 rings (SSSR count). The lowest BCUT2D eigenvalue weighted by Gasteiger charge is -2.37. The molecule has 1 fully saturated rings. The third-order valence-electron chi connectivity index (χ3n) is 5.44. The standard InChI is InChI=1S/C19H19F3N6O/c1-10-4-6-27(18(29)12-3-5-23-11(2)16(12)20)8-13(10)15-7-14(17(21)22)26-19-24-9-25-28(15)19/h3,5,7,9-10,13,17H,4,6,8H2,1-2H3/t10-,13-/m1/s1. The van der Waals surface area contributed by atoms with Crippen molar-refractivity contribution in [2.24, 2.45) is 5.92 Å². The number of piperidine rings is 1. The van der Waals surface area contributed by atoms with E-state index in [0.29, 0.717) is 18.7 Å². The summed E-state index contributed by atoms with van der Waals surface area (Å²) in [5.74, 6) is -1.17. The Kier molecular flexibility index (Phi) is 4.93. The lowest BCUT2D eigenvalue weighted by molar-refractivity contribution is 0.0660. The maximum atomic E-state index is 14.4. The molecule has 1 amide bonds. The van der Waals surface area contributed by atoms with Gasteiger partial charge in [0.25, 0.3) is 18.1 Å². The van der Waals surface area contributed by atoms with Gasteiger partial charge in [-0.1, -0.05) is 6.92 Å². The number of hydrogen-bond donors (Lipinski definition) is 0. The summed E-state index contributed by atoms with van der Waals surface area (Å²) in [5, 5.41) is 4.11. The van der Waals surface area contributed by atoms with Gasteiger partial charge in [0.15, 0.2) is 5.82 Å². The maximum absolute atomic E-state index is 14.4. The number of pyridine rings is 1. The third kappa shape index (κ3) is 3.43. The Morgan fingerprint density at radius 3 is 2.86 bits per heavy atom. The van der Waals surface area contributed by atoms with Gasteiger partial charge < -0.3 is 4.90 Å². The number of carbonyl (C=O) groups is 1. The minimum absolute atomic E-state index is 0.0419. The van der Waals surface area contributed by atoms with Gasteiger partial charge in [0.05, 0.1) is 17.0 Å². The Balaban J connectivity index is 1.70. The summed E-state index contributed by atoms with van der Waals surface area (Å²) in [4.78, 5) is 26.1. The van der Waals surface area contributed by atoms with Crippen LogP contribution in [0.4, 0.5) is 13.2 Å². The second-order valence-electron chi connectivity index (χ2n) is 7.26. The minimum atomic E-state index is -2.75. The predicted octanol–water partition coefficient (Wildman–Crippen LogP) is 3.17. The molecule has 0 bridgehead atoms. The molecule has 0 saturated carbocycles. The van der Waals surface area contributed by atoms with Gasteiger partial charge >= 0.3 is 0 Å². The fraction of sp³-hybridized carbons (Fsp3) is 0.421. The number of amides is 1. The number of nitrogens with zero attached hydrogens (tertiary/aromatic N) is 6. The van der Waals surface area contributed by atoms with Crippen LogP contribution in [0.2, 0.25) is 0 Å². The van der Waals surface area contributed by atoms with Crippen LogP contribution >= 0.6 is 0 Å². The first-order valence-corrected chi connectivity index (χ1v) is 9.26. The van der Waals surface area contributed by atoms with Crippen molar-refractivity contribution in [1.82, 2.24) is 29.5 Å². The van der Waals surface area contributed by atoms with Crippen LogP contribution in [0, 0.1) is 18.7 Å². The highest BCUT2D eigenvalue weighted by molar-refractivity contribution is 5.94. The number of fused-ring (bicyclic) bond motifs is 1. The highest BCUT2D eigenvalue weighted by Gasteiger charge is 2.34. The summed E-state index contributed by atoms with van der Waals surface area (Å²) in [6, 6.07) is 2.67. The predicted molar refractivity (Wildman–Crippen MR) is 97.1 cm³/mol. The Bertz CT molecular complexity index is 1070. The molecule has 0 radical (unpaired) electrons. The zero-order valence-corrected chi connectivity index (χ0v) is 15.9. The summed E-state index contributed by atoms with van der Waals surface area (Å²) in [6.45, 7) is 4.19. The minimum Gasteiger partial charge on any atom is -0.338 e. The summed E-state index contributed by atoms with van der Waals surface area (Å²) < 4.78 is 42.5. The summed E-state index contributed by atoms with van der Waals surface area (Å²) in [5.41, 5.74) is 0.239. The van der Waals surface area contributed by atoms with E-state index in [-0.39, 0.29) is 41.1 Å². The molecule has 1 saturated heterocycles. The van der Waals surface area contributed by atoms with Gasteiger partial charge in [0.1, 0.15) is 12.0 Å². The van der Waals surface area contributed by atoms with E-state index in [1.165, 1.54) is 36.1 Å². The van der Waals surface area contributed by atoms with Crippen molar-refractivity contribution in [2.75, 3.05) is 13.1 Å². The van der Waals surface area contributed by atoms with Crippen LogP contribution in [-0.4, -0.2) is 48.5 Å². The maximum Gasteiger partial charge on any atom is 0.280 e. The quantitative estimate of drug-likeness (QED) is 0.670. The Morgan fingerprint density at radius 1 is 1.31 bits per heavy atom. The van der Waals surface area contributed by atoms with Crippen molar-refractivity contribution >= 4 is 11.7 Å². The van der Waals surface area contributed by atoms with Crippen LogP contribution in [0.1, 0.15) is 53.1 Å². The number of halogens is 3. The molecule has 0 aromatic carbocycles. The molecule has 0 unspecified atom stereocenters. The van der Waals surface area contributed by atoms with Gasteiger partial charge in [-0.15, -0.1) is 0 Å². The number of carbonyl (C=O) groups excluding carboxylic acids is 1. The molecule has 3 aromatic heterocycles. The SMILES string of the molecule is Cc1nccc(C(=O)N2CC[C@@H](C)[C@H](c3cc(C(F)F)nc4ncnn34)C2)c1F. The normalized spacial score (nSPS) is 19.9. The largest absolute Gasteiger partial charge is 0.338 e. The fourth-order valence-corrected chi connectivity index (χ4v) is 3.75. The molecule has 152 valence electrons. The average molecular weight is 404 g/mol. The van der Waals surface area contributed by atoms with Crippen molar-refractivity contribution in [3.63, 3.8) is 0 Å². The van der Waals surface area contributed by atoms with Crippen molar-refractivity contribution in [2.45, 2.75) is 32.6 Å². The van der Waals surface area contributed by atoms with E-state index in [2.05, 4.69) is 20.1 Å². The molecule has 0 spiro atoms. The molecule has 7 nitrogen and oxygen atoms in total. The van der Waals surface area contributed by atoms with Gasteiger partial charge in [0.2, 0.25) is 0 Å². The summed E-state index contributed by atoms with van der Waals surface area (Å²) >= 11 is 0. The van der Waals surface area contributed by atoms with Crippen LogP contribution in [0.5, 0.6) is 0 Å². The molecule has 0 aliphatic carbocycles. The van der Waals surface area contributed by atoms with Crippen molar-refractivity contribution in [1.29, 1.82) is 0 Å². The zero-order valence-electron chi connectivity index (χ0n) is 15.9. The van der Waals surface area contributed by atoms with E-state index in [1.54, 1.807) is 4.90 Å². The van der Waals surface area contributed by atoms with Gasteiger partial charge in [-0.2, -0.15) is 10.1 Å². The second kappa shape index (κ2) is 7.41. The number of likely N-dealkylation sites (tertiary alicyclic amines) is 1. The van der Waals surface area contributed by atoms with Gasteiger partial charge in [-0.25, -0.2) is 22.7 Å². The highest BCUT2D eigenvalue weighted by atomic mass is 19.3. The van der Waals surface area contributed by atoms with E-state index >= 15 is 0 Å². The second-order valence-corrected chi connectivity index (χ2v) is 7.26. The van der Waals surface area contributed by atoms with Crippen LogP contribution in [0.15, 0.2) is 24.7 Å². The van der Waals surface area contributed by atoms with Gasteiger partial charge in [-0.05, 0) is 31.4 Å². The molecule has 29 heavy (non-hydrogen) atoms. The van der Waals surface area contributed by atoms with E-state index in [1.807, 2.05) is 6.92 Å². The lowest BCUT2D eigenvalue weighted by Crippen LogP contribution is -2.43. The lowest BCUT2D eigenvalue weighted by atomic mass is 9.84. The summed E-state index contributed by atoms with van der Waals surface area (Å²) in [6.07, 6.45) is 0.546. The molecule has 4 heterocycles. The molecule has 0 N–H and O–H groups in total.